The molecule has 0 saturated carbocycles. The molecular weight excluding hydrogens is 418 g/mol. The number of hydrogen-bond donors (Lipinski definition) is 1. The summed E-state index contributed by atoms with van der Waals surface area (Å²) in [6.07, 6.45) is 1.19. The Balaban J connectivity index is 0.000000136. The molecule has 0 radical (unpaired) electrons. The number of rotatable bonds is 0. The van der Waals surface area contributed by atoms with Crippen molar-refractivity contribution in [1.82, 2.24) is 0 Å². The summed E-state index contributed by atoms with van der Waals surface area (Å²) in [4.78, 5) is 35.2. The molecule has 6 rings (SSSR count). The van der Waals surface area contributed by atoms with Gasteiger partial charge in [-0.05, 0) is 47.2 Å². The summed E-state index contributed by atoms with van der Waals surface area (Å²) in [5.74, 6) is -1.04. The van der Waals surface area contributed by atoms with Crippen LogP contribution in [0.5, 0.6) is 0 Å². The smallest absolute Gasteiger partial charge is 0.233 e. The minimum atomic E-state index is -0.551. The van der Waals surface area contributed by atoms with Crippen LogP contribution in [0.2, 0.25) is 0 Å². The number of hydrogen-bond acceptors (Lipinski definition) is 5. The van der Waals surface area contributed by atoms with Crippen molar-refractivity contribution in [3.8, 4) is 0 Å². The standard InChI is InChI=1S/C14H9NO2.C13H8OS/c15-12-7-13(16)14(17)11-6-9-4-2-1-3-8(9)5-10(11)12;14-13-9-5-1-3-7-11(9)15-12-8-4-2-6-10(12)13/h1-7H,15H2;1-8H. The first-order chi connectivity index (χ1) is 15.5. The molecule has 5 heteroatoms. The molecule has 1 aliphatic rings. The number of nitrogens with two attached hydrogens (primary N) is 1. The van der Waals surface area contributed by atoms with Crippen LogP contribution in [-0.2, 0) is 4.79 Å². The third-order valence-electron chi connectivity index (χ3n) is 5.44. The van der Waals surface area contributed by atoms with E-state index in [-0.39, 0.29) is 5.43 Å². The average Bonchev–Trinajstić information content (AvgIpc) is 2.82. The fourth-order valence-electron chi connectivity index (χ4n) is 3.83. The van der Waals surface area contributed by atoms with Crippen molar-refractivity contribution < 1.29 is 9.59 Å². The second-order valence-corrected chi connectivity index (χ2v) is 8.55. The second kappa shape index (κ2) is 7.87. The lowest BCUT2D eigenvalue weighted by molar-refractivity contribution is -0.111. The highest BCUT2D eigenvalue weighted by Crippen LogP contribution is 2.27. The number of benzene rings is 4. The average molecular weight is 436 g/mol. The lowest BCUT2D eigenvalue weighted by Crippen LogP contribution is -2.21. The zero-order valence-corrected chi connectivity index (χ0v) is 17.7. The van der Waals surface area contributed by atoms with E-state index in [0.717, 1.165) is 30.9 Å². The van der Waals surface area contributed by atoms with Gasteiger partial charge in [-0.25, -0.2) is 0 Å². The van der Waals surface area contributed by atoms with Crippen LogP contribution in [0.25, 0.3) is 36.6 Å². The molecule has 2 N–H and O–H groups in total. The van der Waals surface area contributed by atoms with Crippen LogP contribution >= 0.6 is 11.3 Å². The molecule has 0 saturated heterocycles. The molecule has 1 heterocycles. The van der Waals surface area contributed by atoms with E-state index in [4.69, 9.17) is 5.73 Å². The maximum Gasteiger partial charge on any atom is 0.233 e. The Morgan fingerprint density at radius 1 is 0.625 bits per heavy atom. The van der Waals surface area contributed by atoms with Crippen molar-refractivity contribution in [3.05, 3.63) is 112 Å². The minimum Gasteiger partial charge on any atom is -0.398 e. The number of carbonyl (C=O) groups is 2. The molecule has 4 nitrogen and oxygen atoms in total. The predicted octanol–water partition coefficient (Wildman–Crippen LogP) is 5.32. The molecule has 4 aromatic carbocycles. The predicted molar refractivity (Wildman–Crippen MR) is 131 cm³/mol. The summed E-state index contributed by atoms with van der Waals surface area (Å²) in [6.45, 7) is 0. The van der Waals surface area contributed by atoms with E-state index in [0.29, 0.717) is 16.8 Å². The van der Waals surface area contributed by atoms with Gasteiger partial charge in [-0.2, -0.15) is 0 Å². The lowest BCUT2D eigenvalue weighted by Gasteiger charge is -2.14. The van der Waals surface area contributed by atoms with E-state index in [1.54, 1.807) is 17.4 Å². The van der Waals surface area contributed by atoms with E-state index in [2.05, 4.69) is 0 Å². The van der Waals surface area contributed by atoms with Gasteiger partial charge in [0.05, 0.1) is 0 Å². The van der Waals surface area contributed by atoms with Crippen LogP contribution in [0.3, 0.4) is 0 Å². The maximum atomic E-state index is 12.1. The number of Topliss-reactive ketones (excluding diaryl/α,β-unsaturated/α-hetero) is 1. The summed E-state index contributed by atoms with van der Waals surface area (Å²) in [7, 11) is 0. The maximum absolute atomic E-state index is 12.1. The topological polar surface area (TPSA) is 77.2 Å². The fourth-order valence-corrected chi connectivity index (χ4v) is 4.91. The number of carbonyl (C=O) groups excluding carboxylic acids is 2. The van der Waals surface area contributed by atoms with E-state index in [9.17, 15) is 14.4 Å². The molecule has 0 spiro atoms. The van der Waals surface area contributed by atoms with Gasteiger partial charge in [0.2, 0.25) is 11.6 Å². The second-order valence-electron chi connectivity index (χ2n) is 7.46. The van der Waals surface area contributed by atoms with Crippen molar-refractivity contribution in [2.45, 2.75) is 0 Å². The van der Waals surface area contributed by atoms with Crippen LogP contribution in [0.15, 0.2) is 95.8 Å². The Hall–Kier alpha value is -4.09. The summed E-state index contributed by atoms with van der Waals surface area (Å²) in [6, 6.07) is 26.8. The number of ketones is 2. The summed E-state index contributed by atoms with van der Waals surface area (Å²) in [5, 5.41) is 3.58. The number of allylic oxidation sites excluding steroid dienone is 1. The van der Waals surface area contributed by atoms with Crippen LogP contribution in [0.1, 0.15) is 15.9 Å². The minimum absolute atomic E-state index is 0.139. The third kappa shape index (κ3) is 3.39. The molecule has 1 aliphatic carbocycles. The van der Waals surface area contributed by atoms with Crippen LogP contribution < -0.4 is 11.2 Å². The molecular formula is C27H17NO3S. The van der Waals surface area contributed by atoms with Gasteiger partial charge in [0.1, 0.15) is 0 Å². The Labute approximate surface area is 187 Å². The molecule has 0 amide bonds. The molecule has 0 fully saturated rings. The fraction of sp³-hybridized carbons (Fsp3) is 0. The van der Waals surface area contributed by atoms with Crippen LogP contribution in [0, 0.1) is 0 Å². The molecule has 0 unspecified atom stereocenters. The molecule has 1 aromatic heterocycles. The molecule has 0 bridgehead atoms. The van der Waals surface area contributed by atoms with E-state index in [1.807, 2.05) is 78.9 Å². The van der Waals surface area contributed by atoms with E-state index in [1.165, 1.54) is 6.08 Å². The Kier molecular flexibility index (Phi) is 4.88. The molecule has 0 atom stereocenters. The highest BCUT2D eigenvalue weighted by Gasteiger charge is 2.24. The van der Waals surface area contributed by atoms with Crippen molar-refractivity contribution in [2.75, 3.05) is 0 Å². The van der Waals surface area contributed by atoms with Crippen LogP contribution in [0.4, 0.5) is 0 Å². The van der Waals surface area contributed by atoms with Gasteiger partial charge in [-0.3, -0.25) is 14.4 Å². The van der Waals surface area contributed by atoms with Gasteiger partial charge in [0.25, 0.3) is 0 Å². The van der Waals surface area contributed by atoms with E-state index >= 15 is 0 Å². The van der Waals surface area contributed by atoms with Gasteiger partial charge in [-0.15, -0.1) is 11.3 Å². The van der Waals surface area contributed by atoms with Crippen molar-refractivity contribution in [2.24, 2.45) is 5.73 Å². The Morgan fingerprint density at radius 2 is 1.12 bits per heavy atom. The van der Waals surface area contributed by atoms with Crippen molar-refractivity contribution >= 4 is 59.5 Å². The van der Waals surface area contributed by atoms with Crippen molar-refractivity contribution in [1.29, 1.82) is 0 Å². The van der Waals surface area contributed by atoms with Gasteiger partial charge in [-0.1, -0.05) is 48.5 Å². The monoisotopic (exact) mass is 435 g/mol. The summed E-state index contributed by atoms with van der Waals surface area (Å²) in [5.41, 5.74) is 7.32. The molecule has 32 heavy (non-hydrogen) atoms. The summed E-state index contributed by atoms with van der Waals surface area (Å²) >= 11 is 1.67. The van der Waals surface area contributed by atoms with Gasteiger partial charge < -0.3 is 5.73 Å². The largest absolute Gasteiger partial charge is 0.398 e. The van der Waals surface area contributed by atoms with Gasteiger partial charge in [0.15, 0.2) is 5.43 Å². The SMILES string of the molecule is NC1=CC(=O)C(=O)c2cc3ccccc3cc21.O=c1c2ccccc2sc2ccccc12. The highest BCUT2D eigenvalue weighted by molar-refractivity contribution is 7.24. The van der Waals surface area contributed by atoms with E-state index < -0.39 is 11.6 Å². The molecule has 0 aliphatic heterocycles. The molecule has 154 valence electrons. The first kappa shape index (κ1) is 19.8. The lowest BCUT2D eigenvalue weighted by atomic mass is 9.90. The number of fused-ring (bicyclic) bond motifs is 4. The van der Waals surface area contributed by atoms with Gasteiger partial charge >= 0.3 is 0 Å². The Morgan fingerprint density at radius 3 is 1.72 bits per heavy atom. The zero-order chi connectivity index (χ0) is 22.2. The molecule has 5 aromatic rings. The van der Waals surface area contributed by atoms with Gasteiger partial charge in [0, 0.05) is 43.1 Å². The van der Waals surface area contributed by atoms with Crippen molar-refractivity contribution in [3.63, 3.8) is 0 Å². The quantitative estimate of drug-likeness (QED) is 0.264. The first-order valence-corrected chi connectivity index (χ1v) is 10.8. The van der Waals surface area contributed by atoms with Crippen LogP contribution in [-0.4, -0.2) is 11.6 Å². The Bertz CT molecular complexity index is 1590. The zero-order valence-electron chi connectivity index (χ0n) is 16.9. The first-order valence-electron chi connectivity index (χ1n) is 10.0. The highest BCUT2D eigenvalue weighted by atomic mass is 32.1. The normalized spacial score (nSPS) is 12.9. The third-order valence-corrected chi connectivity index (χ3v) is 6.59. The summed E-state index contributed by atoms with van der Waals surface area (Å²) < 4.78 is 2.11.